The van der Waals surface area contributed by atoms with E-state index in [1.165, 1.54) is 32.1 Å². The van der Waals surface area contributed by atoms with Crippen LogP contribution >= 0.6 is 22.6 Å². The first kappa shape index (κ1) is 19.2. The van der Waals surface area contributed by atoms with Crippen molar-refractivity contribution in [3.05, 3.63) is 0 Å². The number of hydrazine groups is 1. The van der Waals surface area contributed by atoms with E-state index >= 15 is 0 Å². The summed E-state index contributed by atoms with van der Waals surface area (Å²) in [5.74, 6) is 6.60. The predicted octanol–water partition coefficient (Wildman–Crippen LogP) is 3.24. The molecule has 1 fully saturated rings. The van der Waals surface area contributed by atoms with Crippen LogP contribution in [0.3, 0.4) is 0 Å². The number of rotatable bonds is 8. The predicted molar refractivity (Wildman–Crippen MR) is 97.3 cm³/mol. The molecule has 5 heteroatoms. The number of nitrogens with one attached hydrogen (secondary N) is 1. The number of halogens is 1. The lowest BCUT2D eigenvalue weighted by atomic mass is 9.91. The monoisotopic (exact) mass is 409 g/mol. The van der Waals surface area contributed by atoms with Crippen LogP contribution in [0.25, 0.3) is 0 Å². The molecule has 0 aromatic carbocycles. The molecular weight excluding hydrogens is 377 g/mol. The molecule has 1 rings (SSSR count). The minimum atomic E-state index is -0.163. The standard InChI is InChI=1S/C16H32IN3O/c1-13(17)5-4-6-14-8-11-20(12-9-14)15(21)7-10-16(2,3)19-18/h13-14,19H,4-12,18H2,1-3H3. The molecule has 0 bridgehead atoms. The normalized spacial score (nSPS) is 18.8. The number of hydrogen-bond donors (Lipinski definition) is 2. The number of carbonyl (C=O) groups is 1. The first-order valence-electron chi connectivity index (χ1n) is 8.23. The van der Waals surface area contributed by atoms with Crippen molar-refractivity contribution < 1.29 is 4.79 Å². The van der Waals surface area contributed by atoms with Gasteiger partial charge in [0.05, 0.1) is 0 Å². The number of alkyl halides is 1. The zero-order chi connectivity index (χ0) is 15.9. The third-order valence-electron chi connectivity index (χ3n) is 4.54. The summed E-state index contributed by atoms with van der Waals surface area (Å²) in [5.41, 5.74) is 2.60. The highest BCUT2D eigenvalue weighted by molar-refractivity contribution is 14.1. The summed E-state index contributed by atoms with van der Waals surface area (Å²) in [6, 6.07) is 0. The van der Waals surface area contributed by atoms with Gasteiger partial charge in [0.25, 0.3) is 0 Å². The highest BCUT2D eigenvalue weighted by atomic mass is 127. The second kappa shape index (κ2) is 9.30. The van der Waals surface area contributed by atoms with E-state index in [1.807, 2.05) is 18.7 Å². The summed E-state index contributed by atoms with van der Waals surface area (Å²) >= 11 is 2.50. The van der Waals surface area contributed by atoms with Crippen LogP contribution in [0.2, 0.25) is 0 Å². The summed E-state index contributed by atoms with van der Waals surface area (Å²) in [6.07, 6.45) is 7.73. The molecular formula is C16H32IN3O. The van der Waals surface area contributed by atoms with Gasteiger partial charge in [0, 0.05) is 29.0 Å². The maximum absolute atomic E-state index is 12.2. The van der Waals surface area contributed by atoms with Crippen molar-refractivity contribution in [2.75, 3.05) is 13.1 Å². The minimum Gasteiger partial charge on any atom is -0.343 e. The molecule has 1 heterocycles. The zero-order valence-corrected chi connectivity index (χ0v) is 16.0. The lowest BCUT2D eigenvalue weighted by Crippen LogP contribution is -2.45. The molecule has 21 heavy (non-hydrogen) atoms. The van der Waals surface area contributed by atoms with E-state index in [0.717, 1.165) is 29.4 Å². The second-order valence-corrected chi connectivity index (χ2v) is 9.19. The average Bonchev–Trinajstić information content (AvgIpc) is 2.45. The molecule has 1 aliphatic heterocycles. The van der Waals surface area contributed by atoms with Crippen LogP contribution in [0.1, 0.15) is 65.7 Å². The largest absolute Gasteiger partial charge is 0.343 e. The molecule has 0 spiro atoms. The molecule has 1 aliphatic rings. The van der Waals surface area contributed by atoms with Gasteiger partial charge >= 0.3 is 0 Å². The van der Waals surface area contributed by atoms with Crippen LogP contribution < -0.4 is 11.3 Å². The fourth-order valence-corrected chi connectivity index (χ4v) is 3.25. The molecule has 3 N–H and O–H groups in total. The van der Waals surface area contributed by atoms with Gasteiger partial charge in [0.2, 0.25) is 5.91 Å². The molecule has 1 unspecified atom stereocenters. The van der Waals surface area contributed by atoms with Crippen LogP contribution in [0.5, 0.6) is 0 Å². The highest BCUT2D eigenvalue weighted by Gasteiger charge is 2.24. The summed E-state index contributed by atoms with van der Waals surface area (Å²) in [4.78, 5) is 14.3. The molecule has 0 radical (unpaired) electrons. The Kier molecular flexibility index (Phi) is 8.49. The Bertz CT molecular complexity index is 313. The lowest BCUT2D eigenvalue weighted by molar-refractivity contribution is -0.133. The fourth-order valence-electron chi connectivity index (χ4n) is 2.81. The maximum Gasteiger partial charge on any atom is 0.222 e. The van der Waals surface area contributed by atoms with Crippen LogP contribution in [0, 0.1) is 5.92 Å². The van der Waals surface area contributed by atoms with Gasteiger partial charge in [-0.3, -0.25) is 16.1 Å². The maximum atomic E-state index is 12.2. The summed E-state index contributed by atoms with van der Waals surface area (Å²) in [5, 5.41) is 0. The molecule has 0 aliphatic carbocycles. The summed E-state index contributed by atoms with van der Waals surface area (Å²) in [7, 11) is 0. The number of piperidine rings is 1. The van der Waals surface area contributed by atoms with Crippen molar-refractivity contribution in [1.29, 1.82) is 0 Å². The Labute approximate surface area is 143 Å². The number of amides is 1. The Balaban J connectivity index is 2.21. The van der Waals surface area contributed by atoms with E-state index in [9.17, 15) is 4.79 Å². The van der Waals surface area contributed by atoms with Gasteiger partial charge in [-0.1, -0.05) is 42.4 Å². The Hall–Kier alpha value is 0.120. The van der Waals surface area contributed by atoms with Crippen LogP contribution in [-0.4, -0.2) is 33.4 Å². The third kappa shape index (κ3) is 7.79. The molecule has 1 atom stereocenters. The van der Waals surface area contributed by atoms with Gasteiger partial charge in [0.15, 0.2) is 0 Å². The first-order valence-corrected chi connectivity index (χ1v) is 9.48. The topological polar surface area (TPSA) is 58.4 Å². The summed E-state index contributed by atoms with van der Waals surface area (Å²) < 4.78 is 0.781. The number of nitrogens with two attached hydrogens (primary N) is 1. The first-order chi connectivity index (χ1) is 9.84. The van der Waals surface area contributed by atoms with Crippen molar-refractivity contribution in [2.24, 2.45) is 11.8 Å². The van der Waals surface area contributed by atoms with Crippen molar-refractivity contribution in [3.63, 3.8) is 0 Å². The Morgan fingerprint density at radius 3 is 2.57 bits per heavy atom. The van der Waals surface area contributed by atoms with Crippen LogP contribution in [-0.2, 0) is 4.79 Å². The molecule has 0 aromatic heterocycles. The van der Waals surface area contributed by atoms with Crippen LogP contribution in [0.4, 0.5) is 0 Å². The zero-order valence-electron chi connectivity index (χ0n) is 13.8. The quantitative estimate of drug-likeness (QED) is 0.280. The van der Waals surface area contributed by atoms with E-state index in [2.05, 4.69) is 34.9 Å². The second-order valence-electron chi connectivity index (χ2n) is 7.06. The highest BCUT2D eigenvalue weighted by Crippen LogP contribution is 2.24. The van der Waals surface area contributed by atoms with E-state index in [0.29, 0.717) is 6.42 Å². The minimum absolute atomic E-state index is 0.163. The van der Waals surface area contributed by atoms with E-state index in [1.54, 1.807) is 0 Å². The molecule has 1 amide bonds. The Morgan fingerprint density at radius 1 is 1.43 bits per heavy atom. The van der Waals surface area contributed by atoms with Gasteiger partial charge in [-0.2, -0.15) is 0 Å². The molecule has 0 saturated carbocycles. The molecule has 0 aromatic rings. The third-order valence-corrected chi connectivity index (χ3v) is 5.16. The Morgan fingerprint density at radius 2 is 2.05 bits per heavy atom. The van der Waals surface area contributed by atoms with E-state index in [4.69, 9.17) is 5.84 Å². The van der Waals surface area contributed by atoms with E-state index < -0.39 is 0 Å². The lowest BCUT2D eigenvalue weighted by Gasteiger charge is -2.33. The molecule has 4 nitrogen and oxygen atoms in total. The fraction of sp³-hybridized carbons (Fsp3) is 0.938. The van der Waals surface area contributed by atoms with Crippen LogP contribution in [0.15, 0.2) is 0 Å². The van der Waals surface area contributed by atoms with Crippen molar-refractivity contribution in [1.82, 2.24) is 10.3 Å². The summed E-state index contributed by atoms with van der Waals surface area (Å²) in [6.45, 7) is 8.22. The molecule has 124 valence electrons. The smallest absolute Gasteiger partial charge is 0.222 e. The van der Waals surface area contributed by atoms with E-state index in [-0.39, 0.29) is 11.4 Å². The van der Waals surface area contributed by atoms with Gasteiger partial charge in [-0.25, -0.2) is 0 Å². The van der Waals surface area contributed by atoms with Crippen molar-refractivity contribution in [2.45, 2.75) is 75.2 Å². The van der Waals surface area contributed by atoms with Crippen molar-refractivity contribution >= 4 is 28.5 Å². The number of likely N-dealkylation sites (tertiary alicyclic amines) is 1. The van der Waals surface area contributed by atoms with Gasteiger partial charge in [0.1, 0.15) is 0 Å². The molecule has 1 saturated heterocycles. The number of hydrogen-bond acceptors (Lipinski definition) is 3. The van der Waals surface area contributed by atoms with Gasteiger partial charge in [-0.05, 0) is 45.4 Å². The number of nitrogens with zero attached hydrogens (tertiary/aromatic N) is 1. The van der Waals surface area contributed by atoms with Gasteiger partial charge < -0.3 is 4.90 Å². The van der Waals surface area contributed by atoms with Gasteiger partial charge in [-0.15, -0.1) is 0 Å². The SMILES string of the molecule is CC(I)CCCC1CCN(C(=O)CCC(C)(C)NN)CC1. The number of carbonyl (C=O) groups excluding carboxylic acids is 1. The average molecular weight is 409 g/mol. The van der Waals surface area contributed by atoms with Crippen molar-refractivity contribution in [3.8, 4) is 0 Å².